The van der Waals surface area contributed by atoms with Crippen LogP contribution < -0.4 is 5.32 Å². The van der Waals surface area contributed by atoms with Crippen LogP contribution in [0.2, 0.25) is 0 Å². The molecule has 2 heterocycles. The van der Waals surface area contributed by atoms with Crippen molar-refractivity contribution < 1.29 is 14.4 Å². The van der Waals surface area contributed by atoms with Gasteiger partial charge in [0, 0.05) is 45.1 Å². The zero-order valence-corrected chi connectivity index (χ0v) is 16.5. The minimum Gasteiger partial charge on any atom is -0.355 e. The molecule has 2 aliphatic heterocycles. The molecule has 2 saturated heterocycles. The Kier molecular flexibility index (Phi) is 7.87. The molecule has 2 fully saturated rings. The van der Waals surface area contributed by atoms with Gasteiger partial charge in [-0.15, -0.1) is 0 Å². The van der Waals surface area contributed by atoms with E-state index in [0.717, 1.165) is 51.9 Å². The monoisotopic (exact) mass is 366 g/mol. The van der Waals surface area contributed by atoms with Gasteiger partial charge in [-0.05, 0) is 52.6 Å². The second kappa shape index (κ2) is 9.90. The Morgan fingerprint density at radius 3 is 2.50 bits per heavy atom. The Morgan fingerprint density at radius 1 is 1.23 bits per heavy atom. The van der Waals surface area contributed by atoms with E-state index in [9.17, 15) is 14.4 Å². The highest BCUT2D eigenvalue weighted by Gasteiger charge is 2.28. The Labute approximate surface area is 157 Å². The first-order valence-corrected chi connectivity index (χ1v) is 9.92. The molecule has 0 atom stereocenters. The van der Waals surface area contributed by atoms with Crippen molar-refractivity contribution in [3.8, 4) is 0 Å². The largest absolute Gasteiger partial charge is 0.355 e. The van der Waals surface area contributed by atoms with Gasteiger partial charge >= 0.3 is 0 Å². The molecular weight excluding hydrogens is 332 g/mol. The van der Waals surface area contributed by atoms with Gasteiger partial charge < -0.3 is 15.1 Å². The average Bonchev–Trinajstić information content (AvgIpc) is 3.03. The van der Waals surface area contributed by atoms with Crippen molar-refractivity contribution in [1.82, 2.24) is 20.0 Å². The fourth-order valence-corrected chi connectivity index (χ4v) is 3.58. The van der Waals surface area contributed by atoms with E-state index in [2.05, 4.69) is 10.2 Å². The highest BCUT2D eigenvalue weighted by atomic mass is 16.2. The van der Waals surface area contributed by atoms with E-state index in [1.54, 1.807) is 0 Å². The lowest BCUT2D eigenvalue weighted by Gasteiger charge is -2.33. The summed E-state index contributed by atoms with van der Waals surface area (Å²) in [5.74, 6) is 0.568. The Bertz CT molecular complexity index is 501. The quantitative estimate of drug-likeness (QED) is 0.642. The van der Waals surface area contributed by atoms with Crippen molar-refractivity contribution in [1.29, 1.82) is 0 Å². The summed E-state index contributed by atoms with van der Waals surface area (Å²) in [5.41, 5.74) is 0. The predicted octanol–water partition coefficient (Wildman–Crippen LogP) is 0.694. The number of likely N-dealkylation sites (tertiary alicyclic amines) is 2. The molecule has 1 N–H and O–H groups in total. The predicted molar refractivity (Wildman–Crippen MR) is 101 cm³/mol. The molecule has 0 aromatic carbocycles. The number of amides is 3. The van der Waals surface area contributed by atoms with Crippen molar-refractivity contribution in [2.45, 2.75) is 52.0 Å². The van der Waals surface area contributed by atoms with Gasteiger partial charge in [0.05, 0.1) is 6.54 Å². The fraction of sp³-hybridized carbons (Fsp3) is 0.842. The van der Waals surface area contributed by atoms with E-state index in [4.69, 9.17) is 0 Å². The van der Waals surface area contributed by atoms with Crippen LogP contribution in [0, 0.1) is 5.92 Å². The van der Waals surface area contributed by atoms with Gasteiger partial charge in [0.1, 0.15) is 0 Å². The van der Waals surface area contributed by atoms with Crippen LogP contribution in [-0.2, 0) is 14.4 Å². The summed E-state index contributed by atoms with van der Waals surface area (Å²) in [6.45, 7) is 8.22. The second-order valence-corrected chi connectivity index (χ2v) is 7.78. The summed E-state index contributed by atoms with van der Waals surface area (Å²) >= 11 is 0. The number of carbonyl (C=O) groups excluding carboxylic acids is 3. The molecule has 0 radical (unpaired) electrons. The maximum absolute atomic E-state index is 12.4. The van der Waals surface area contributed by atoms with E-state index in [1.165, 1.54) is 0 Å². The zero-order chi connectivity index (χ0) is 19.1. The van der Waals surface area contributed by atoms with E-state index < -0.39 is 0 Å². The smallest absolute Gasteiger partial charge is 0.234 e. The van der Waals surface area contributed by atoms with Crippen molar-refractivity contribution in [2.24, 2.45) is 5.92 Å². The third kappa shape index (κ3) is 5.97. The normalized spacial score (nSPS) is 19.2. The first kappa shape index (κ1) is 20.7. The van der Waals surface area contributed by atoms with Crippen LogP contribution in [0.5, 0.6) is 0 Å². The fourth-order valence-electron chi connectivity index (χ4n) is 3.58. The van der Waals surface area contributed by atoms with Gasteiger partial charge in [-0.3, -0.25) is 19.3 Å². The van der Waals surface area contributed by atoms with Gasteiger partial charge in [-0.25, -0.2) is 0 Å². The SMILES string of the molecule is CC(C)N(C)C(=O)C1CCN(CC(=O)NCCCN2CCCC2=O)CC1. The number of piperidine rings is 1. The average molecular weight is 367 g/mol. The molecule has 0 aromatic rings. The second-order valence-electron chi connectivity index (χ2n) is 7.78. The van der Waals surface area contributed by atoms with Crippen LogP contribution in [0.25, 0.3) is 0 Å². The first-order chi connectivity index (χ1) is 12.4. The summed E-state index contributed by atoms with van der Waals surface area (Å²) in [6, 6.07) is 0.224. The molecule has 0 saturated carbocycles. The molecule has 3 amide bonds. The van der Waals surface area contributed by atoms with Crippen LogP contribution in [0.3, 0.4) is 0 Å². The lowest BCUT2D eigenvalue weighted by Crippen LogP contribution is -2.46. The zero-order valence-electron chi connectivity index (χ0n) is 16.5. The highest BCUT2D eigenvalue weighted by Crippen LogP contribution is 2.19. The number of nitrogens with one attached hydrogen (secondary N) is 1. The first-order valence-electron chi connectivity index (χ1n) is 9.92. The minimum absolute atomic E-state index is 0.0295. The summed E-state index contributed by atoms with van der Waals surface area (Å²) in [5, 5.41) is 2.94. The molecular formula is C19H34N4O3. The lowest BCUT2D eigenvalue weighted by atomic mass is 9.95. The number of carbonyl (C=O) groups is 3. The van der Waals surface area contributed by atoms with Crippen LogP contribution >= 0.6 is 0 Å². The standard InChI is InChI=1S/C19H34N4O3/c1-15(2)21(3)19(26)16-7-12-22(13-8-16)14-17(24)20-9-5-11-23-10-4-6-18(23)25/h15-16H,4-14H2,1-3H3,(H,20,24). The molecule has 26 heavy (non-hydrogen) atoms. The van der Waals surface area contributed by atoms with Gasteiger partial charge in [-0.2, -0.15) is 0 Å². The molecule has 0 aromatic heterocycles. The van der Waals surface area contributed by atoms with Crippen molar-refractivity contribution in [3.63, 3.8) is 0 Å². The van der Waals surface area contributed by atoms with Gasteiger partial charge in [0.15, 0.2) is 0 Å². The van der Waals surface area contributed by atoms with Gasteiger partial charge in [0.25, 0.3) is 0 Å². The summed E-state index contributed by atoms with van der Waals surface area (Å²) in [7, 11) is 1.86. The molecule has 2 rings (SSSR count). The number of hydrogen-bond acceptors (Lipinski definition) is 4. The third-order valence-corrected chi connectivity index (χ3v) is 5.52. The summed E-state index contributed by atoms with van der Waals surface area (Å²) in [6.07, 6.45) is 4.06. The number of rotatable bonds is 8. The Hall–Kier alpha value is -1.63. The van der Waals surface area contributed by atoms with Crippen molar-refractivity contribution in [3.05, 3.63) is 0 Å². The van der Waals surface area contributed by atoms with Gasteiger partial charge in [0.2, 0.25) is 17.7 Å². The summed E-state index contributed by atoms with van der Waals surface area (Å²) in [4.78, 5) is 41.8. The van der Waals surface area contributed by atoms with Crippen LogP contribution in [-0.4, -0.2) is 84.8 Å². The van der Waals surface area contributed by atoms with Crippen molar-refractivity contribution in [2.75, 3.05) is 46.3 Å². The maximum atomic E-state index is 12.4. The highest BCUT2D eigenvalue weighted by molar-refractivity contribution is 5.80. The molecule has 7 heteroatoms. The molecule has 0 aliphatic carbocycles. The topological polar surface area (TPSA) is 73.0 Å². The third-order valence-electron chi connectivity index (χ3n) is 5.52. The van der Waals surface area contributed by atoms with Crippen LogP contribution in [0.15, 0.2) is 0 Å². The van der Waals surface area contributed by atoms with Gasteiger partial charge in [-0.1, -0.05) is 0 Å². The molecule has 0 bridgehead atoms. The summed E-state index contributed by atoms with van der Waals surface area (Å²) < 4.78 is 0. The Balaban J connectivity index is 1.59. The minimum atomic E-state index is 0.0295. The van der Waals surface area contributed by atoms with Crippen LogP contribution in [0.4, 0.5) is 0 Å². The maximum Gasteiger partial charge on any atom is 0.234 e. The van der Waals surface area contributed by atoms with Crippen molar-refractivity contribution >= 4 is 17.7 Å². The van der Waals surface area contributed by atoms with E-state index in [0.29, 0.717) is 19.5 Å². The lowest BCUT2D eigenvalue weighted by molar-refractivity contribution is -0.137. The molecule has 148 valence electrons. The van der Waals surface area contributed by atoms with E-state index in [1.807, 2.05) is 30.7 Å². The van der Waals surface area contributed by atoms with Crippen LogP contribution in [0.1, 0.15) is 46.0 Å². The number of nitrogens with zero attached hydrogens (tertiary/aromatic N) is 3. The molecule has 0 unspecified atom stereocenters. The Morgan fingerprint density at radius 2 is 1.92 bits per heavy atom. The van der Waals surface area contributed by atoms with E-state index >= 15 is 0 Å². The molecule has 0 spiro atoms. The molecule has 7 nitrogen and oxygen atoms in total. The number of hydrogen-bond donors (Lipinski definition) is 1. The van der Waals surface area contributed by atoms with E-state index in [-0.39, 0.29) is 29.7 Å². The molecule has 2 aliphatic rings.